The molecule has 0 spiro atoms. The smallest absolute Gasteiger partial charge is 0.277 e. The Labute approximate surface area is 169 Å². The van der Waals surface area contributed by atoms with Crippen LogP contribution in [0.3, 0.4) is 0 Å². The van der Waals surface area contributed by atoms with E-state index in [1.807, 2.05) is 0 Å². The van der Waals surface area contributed by atoms with Crippen LogP contribution in [0.1, 0.15) is 30.0 Å². The molecule has 0 unspecified atom stereocenters. The lowest BCUT2D eigenvalue weighted by atomic mass is 9.93. The molecule has 1 aliphatic carbocycles. The summed E-state index contributed by atoms with van der Waals surface area (Å²) < 4.78 is 81.1. The highest BCUT2D eigenvalue weighted by Gasteiger charge is 2.47. The van der Waals surface area contributed by atoms with E-state index in [0.29, 0.717) is 16.8 Å². The Morgan fingerprint density at radius 2 is 1.77 bits per heavy atom. The zero-order valence-corrected chi connectivity index (χ0v) is 16.1. The SMILES string of the molecule is O=S(=O)(c1ccc(C(F)(F)F)cc1)N1c2ccc(F)cc2-c2[nH]ncc2[C@H]1C1CC1. The first-order chi connectivity index (χ1) is 14.2. The lowest BCUT2D eigenvalue weighted by Crippen LogP contribution is -2.38. The van der Waals surface area contributed by atoms with Crippen LogP contribution in [0.5, 0.6) is 0 Å². The highest BCUT2D eigenvalue weighted by Crippen LogP contribution is 2.54. The van der Waals surface area contributed by atoms with Gasteiger partial charge in [0.15, 0.2) is 0 Å². The topological polar surface area (TPSA) is 66.1 Å². The van der Waals surface area contributed by atoms with E-state index in [4.69, 9.17) is 0 Å². The number of hydrogen-bond acceptors (Lipinski definition) is 3. The van der Waals surface area contributed by atoms with Gasteiger partial charge in [0.2, 0.25) is 0 Å². The molecule has 1 saturated carbocycles. The number of fused-ring (bicyclic) bond motifs is 3. The third-order valence-electron chi connectivity index (χ3n) is 5.51. The second-order valence-electron chi connectivity index (χ2n) is 7.47. The summed E-state index contributed by atoms with van der Waals surface area (Å²) in [5.74, 6) is -0.491. The van der Waals surface area contributed by atoms with E-state index in [1.54, 1.807) is 0 Å². The highest BCUT2D eigenvalue weighted by atomic mass is 32.2. The zero-order chi connectivity index (χ0) is 21.3. The van der Waals surface area contributed by atoms with Crippen LogP contribution in [0.15, 0.2) is 53.6 Å². The maximum atomic E-state index is 14.0. The van der Waals surface area contributed by atoms with Crippen molar-refractivity contribution in [1.82, 2.24) is 10.2 Å². The Balaban J connectivity index is 1.68. The maximum absolute atomic E-state index is 14.0. The second kappa shape index (κ2) is 6.31. The molecule has 3 aromatic rings. The summed E-state index contributed by atoms with van der Waals surface area (Å²) >= 11 is 0. The molecule has 2 heterocycles. The van der Waals surface area contributed by atoms with Gasteiger partial charge in [0.25, 0.3) is 10.0 Å². The van der Waals surface area contributed by atoms with Crippen LogP contribution in [-0.2, 0) is 16.2 Å². The van der Waals surface area contributed by atoms with Gasteiger partial charge in [-0.25, -0.2) is 12.8 Å². The molecule has 1 aromatic heterocycles. The molecule has 1 N–H and O–H groups in total. The van der Waals surface area contributed by atoms with E-state index in [9.17, 15) is 26.0 Å². The number of hydrogen-bond donors (Lipinski definition) is 1. The summed E-state index contributed by atoms with van der Waals surface area (Å²) in [4.78, 5) is -0.261. The fourth-order valence-electron chi connectivity index (χ4n) is 3.98. The molecule has 0 saturated heterocycles. The third-order valence-corrected chi connectivity index (χ3v) is 7.32. The van der Waals surface area contributed by atoms with Gasteiger partial charge in [-0.2, -0.15) is 18.3 Å². The minimum Gasteiger partial charge on any atom is -0.277 e. The van der Waals surface area contributed by atoms with Gasteiger partial charge in [-0.15, -0.1) is 0 Å². The van der Waals surface area contributed by atoms with Crippen LogP contribution in [0, 0.1) is 11.7 Å². The van der Waals surface area contributed by atoms with Gasteiger partial charge in [0.05, 0.1) is 34.1 Å². The van der Waals surface area contributed by atoms with Gasteiger partial charge in [-0.05, 0) is 61.2 Å². The normalized spacial score (nSPS) is 18.8. The van der Waals surface area contributed by atoms with Crippen LogP contribution >= 0.6 is 0 Å². The quantitative estimate of drug-likeness (QED) is 0.593. The van der Waals surface area contributed by atoms with Crippen molar-refractivity contribution in [2.75, 3.05) is 4.31 Å². The van der Waals surface area contributed by atoms with Crippen molar-refractivity contribution in [3.63, 3.8) is 0 Å². The van der Waals surface area contributed by atoms with E-state index in [1.165, 1.54) is 28.7 Å². The largest absolute Gasteiger partial charge is 0.416 e. The highest BCUT2D eigenvalue weighted by molar-refractivity contribution is 7.92. The number of alkyl halides is 3. The average Bonchev–Trinajstić information content (AvgIpc) is 3.41. The van der Waals surface area contributed by atoms with Crippen LogP contribution in [0.25, 0.3) is 11.3 Å². The minimum atomic E-state index is -4.57. The predicted octanol–water partition coefficient (Wildman–Crippen LogP) is 4.89. The van der Waals surface area contributed by atoms with E-state index >= 15 is 0 Å². The number of aromatic nitrogens is 2. The monoisotopic (exact) mass is 437 g/mol. The van der Waals surface area contributed by atoms with Crippen LogP contribution in [0.4, 0.5) is 23.2 Å². The van der Waals surface area contributed by atoms with Crippen molar-refractivity contribution >= 4 is 15.7 Å². The summed E-state index contributed by atoms with van der Waals surface area (Å²) in [5, 5.41) is 6.85. The maximum Gasteiger partial charge on any atom is 0.416 e. The van der Waals surface area contributed by atoms with Crippen LogP contribution in [-0.4, -0.2) is 18.6 Å². The van der Waals surface area contributed by atoms with Gasteiger partial charge in [-0.1, -0.05) is 0 Å². The summed E-state index contributed by atoms with van der Waals surface area (Å²) in [6, 6.07) is 6.61. The molecule has 1 fully saturated rings. The molecule has 2 aromatic carbocycles. The number of anilines is 1. The van der Waals surface area contributed by atoms with E-state index in [2.05, 4.69) is 10.2 Å². The van der Waals surface area contributed by atoms with Gasteiger partial charge in [-0.3, -0.25) is 9.40 Å². The molecule has 5 nitrogen and oxygen atoms in total. The summed E-state index contributed by atoms with van der Waals surface area (Å²) in [6.45, 7) is 0. The minimum absolute atomic E-state index is 0.0452. The number of nitrogens with one attached hydrogen (secondary N) is 1. The molecule has 1 atom stereocenters. The Morgan fingerprint density at radius 1 is 1.07 bits per heavy atom. The molecule has 156 valence electrons. The van der Waals surface area contributed by atoms with Crippen molar-refractivity contribution in [1.29, 1.82) is 0 Å². The summed E-state index contributed by atoms with van der Waals surface area (Å²) in [6.07, 6.45) is -1.42. The average molecular weight is 437 g/mol. The molecule has 1 aliphatic heterocycles. The molecular formula is C20H15F4N3O2S. The number of nitrogens with zero attached hydrogens (tertiary/aromatic N) is 2. The Hall–Kier alpha value is -2.88. The zero-order valence-electron chi connectivity index (χ0n) is 15.3. The van der Waals surface area contributed by atoms with Gasteiger partial charge in [0.1, 0.15) is 5.82 Å². The Morgan fingerprint density at radius 3 is 2.40 bits per heavy atom. The van der Waals surface area contributed by atoms with Crippen molar-refractivity contribution in [3.05, 3.63) is 65.6 Å². The van der Waals surface area contributed by atoms with Crippen molar-refractivity contribution in [2.24, 2.45) is 5.92 Å². The number of sulfonamides is 1. The molecular weight excluding hydrogens is 422 g/mol. The Kier molecular flexibility index (Phi) is 4.02. The molecule has 5 rings (SSSR count). The molecule has 2 aliphatic rings. The number of rotatable bonds is 3. The van der Waals surface area contributed by atoms with E-state index in [-0.39, 0.29) is 16.5 Å². The lowest BCUT2D eigenvalue weighted by molar-refractivity contribution is -0.137. The van der Waals surface area contributed by atoms with Crippen molar-refractivity contribution in [2.45, 2.75) is 30.0 Å². The second-order valence-corrected chi connectivity index (χ2v) is 9.28. The molecule has 30 heavy (non-hydrogen) atoms. The van der Waals surface area contributed by atoms with Crippen molar-refractivity contribution in [3.8, 4) is 11.3 Å². The summed E-state index contributed by atoms with van der Waals surface area (Å²) in [7, 11) is -4.22. The number of H-pyrrole nitrogens is 1. The van der Waals surface area contributed by atoms with Gasteiger partial charge in [0, 0.05) is 11.1 Å². The van der Waals surface area contributed by atoms with Crippen LogP contribution < -0.4 is 4.31 Å². The van der Waals surface area contributed by atoms with E-state index < -0.39 is 33.6 Å². The van der Waals surface area contributed by atoms with Crippen molar-refractivity contribution < 1.29 is 26.0 Å². The fraction of sp³-hybridized carbons (Fsp3) is 0.250. The summed E-state index contributed by atoms with van der Waals surface area (Å²) in [5.41, 5.74) is 0.865. The third kappa shape index (κ3) is 2.89. The molecule has 0 amide bonds. The lowest BCUT2D eigenvalue weighted by Gasteiger charge is -2.37. The standard InChI is InChI=1S/C20H15F4N3O2S/c21-13-5-8-17-15(9-13)18-16(10-25-26-18)19(11-1-2-11)27(17)30(28,29)14-6-3-12(4-7-14)20(22,23)24/h3-11,19H,1-2H2,(H,25,26)/t19-/m1/s1. The Bertz CT molecular complexity index is 1230. The van der Waals surface area contributed by atoms with E-state index in [0.717, 1.165) is 37.1 Å². The number of halogens is 4. The van der Waals surface area contributed by atoms with Crippen LogP contribution in [0.2, 0.25) is 0 Å². The first-order valence-electron chi connectivity index (χ1n) is 9.23. The first kappa shape index (κ1) is 19.1. The first-order valence-corrected chi connectivity index (χ1v) is 10.7. The number of benzene rings is 2. The number of aromatic amines is 1. The van der Waals surface area contributed by atoms with Gasteiger partial charge < -0.3 is 0 Å². The molecule has 0 radical (unpaired) electrons. The van der Waals surface area contributed by atoms with Gasteiger partial charge >= 0.3 is 6.18 Å². The predicted molar refractivity (Wildman–Crippen MR) is 101 cm³/mol. The molecule has 10 heteroatoms. The fourth-order valence-corrected chi connectivity index (χ4v) is 5.69. The molecule has 0 bridgehead atoms.